The van der Waals surface area contributed by atoms with Crippen molar-refractivity contribution in [2.45, 2.75) is 38.6 Å². The summed E-state index contributed by atoms with van der Waals surface area (Å²) in [6.45, 7) is 4.99. The summed E-state index contributed by atoms with van der Waals surface area (Å²) in [5.74, 6) is 0.688. The highest BCUT2D eigenvalue weighted by Gasteiger charge is 2.20. The minimum Gasteiger partial charge on any atom is -0.351 e. The number of pyridine rings is 1. The molecule has 6 heteroatoms. The van der Waals surface area contributed by atoms with Gasteiger partial charge in [0.1, 0.15) is 12.1 Å². The van der Waals surface area contributed by atoms with Crippen LogP contribution in [0.5, 0.6) is 0 Å². The topological polar surface area (TPSA) is 63.1 Å². The van der Waals surface area contributed by atoms with E-state index in [4.69, 9.17) is 0 Å². The summed E-state index contributed by atoms with van der Waals surface area (Å²) in [5, 5.41) is 3.01. The highest BCUT2D eigenvalue weighted by Crippen LogP contribution is 2.18. The van der Waals surface area contributed by atoms with Gasteiger partial charge in [0.2, 0.25) is 0 Å². The van der Waals surface area contributed by atoms with Gasteiger partial charge < -0.3 is 5.32 Å². The predicted molar refractivity (Wildman–Crippen MR) is 93.2 cm³/mol. The highest BCUT2D eigenvalue weighted by atomic mass is 16.1. The first-order chi connectivity index (χ1) is 11.8. The van der Waals surface area contributed by atoms with Crippen molar-refractivity contribution in [1.82, 2.24) is 24.8 Å². The van der Waals surface area contributed by atoms with Crippen LogP contribution in [0.25, 0.3) is 5.82 Å². The van der Waals surface area contributed by atoms with Crippen LogP contribution >= 0.6 is 0 Å². The summed E-state index contributed by atoms with van der Waals surface area (Å²) in [5.41, 5.74) is 0.588. The fourth-order valence-corrected chi connectivity index (χ4v) is 3.30. The fourth-order valence-electron chi connectivity index (χ4n) is 3.30. The molecule has 1 aliphatic rings. The molecule has 0 aromatic carbocycles. The van der Waals surface area contributed by atoms with Crippen LogP contribution in [-0.4, -0.2) is 51.0 Å². The summed E-state index contributed by atoms with van der Waals surface area (Å²) >= 11 is 0. The third-order valence-corrected chi connectivity index (χ3v) is 4.68. The molecule has 3 rings (SSSR count). The van der Waals surface area contributed by atoms with Crippen LogP contribution < -0.4 is 5.32 Å². The third-order valence-electron chi connectivity index (χ3n) is 4.68. The standard InChI is InChI=1S/C18H25N5O/c1-2-16-5-3-4-10-22(16)12-9-20-18(24)15-6-7-17(21-13-15)23-11-8-19-14-23/h6-8,11,13-14,16H,2-5,9-10,12H2,1H3,(H,20,24)/t16-/m1/s1. The minimum absolute atomic E-state index is 0.0651. The van der Waals surface area contributed by atoms with E-state index in [1.54, 1.807) is 24.8 Å². The molecule has 0 unspecified atom stereocenters. The molecule has 2 aromatic rings. The lowest BCUT2D eigenvalue weighted by Crippen LogP contribution is -2.43. The van der Waals surface area contributed by atoms with Crippen molar-refractivity contribution in [3.8, 4) is 5.82 Å². The number of likely N-dealkylation sites (tertiary alicyclic amines) is 1. The van der Waals surface area contributed by atoms with E-state index in [2.05, 4.69) is 27.1 Å². The quantitative estimate of drug-likeness (QED) is 0.884. The van der Waals surface area contributed by atoms with E-state index in [0.717, 1.165) is 18.9 Å². The maximum atomic E-state index is 12.2. The predicted octanol–water partition coefficient (Wildman–Crippen LogP) is 2.26. The zero-order valence-electron chi connectivity index (χ0n) is 14.2. The molecule has 6 nitrogen and oxygen atoms in total. The molecule has 3 heterocycles. The van der Waals surface area contributed by atoms with Crippen molar-refractivity contribution in [3.05, 3.63) is 42.6 Å². The Labute approximate surface area is 142 Å². The summed E-state index contributed by atoms with van der Waals surface area (Å²) in [6.07, 6.45) is 11.9. The number of hydrogen-bond acceptors (Lipinski definition) is 4. The Bertz CT molecular complexity index is 638. The molecule has 0 spiro atoms. The van der Waals surface area contributed by atoms with Gasteiger partial charge in [-0.25, -0.2) is 9.97 Å². The van der Waals surface area contributed by atoms with Crippen molar-refractivity contribution in [1.29, 1.82) is 0 Å². The molecule has 0 saturated carbocycles. The Morgan fingerprint density at radius 3 is 3.00 bits per heavy atom. The van der Waals surface area contributed by atoms with Gasteiger partial charge in [-0.3, -0.25) is 14.3 Å². The number of amides is 1. The highest BCUT2D eigenvalue weighted by molar-refractivity contribution is 5.93. The molecular weight excluding hydrogens is 302 g/mol. The van der Waals surface area contributed by atoms with Crippen LogP contribution in [0.2, 0.25) is 0 Å². The zero-order chi connectivity index (χ0) is 16.8. The average Bonchev–Trinajstić information content (AvgIpc) is 3.17. The van der Waals surface area contributed by atoms with Gasteiger partial charge in [0.15, 0.2) is 0 Å². The monoisotopic (exact) mass is 327 g/mol. The summed E-state index contributed by atoms with van der Waals surface area (Å²) < 4.78 is 1.81. The minimum atomic E-state index is -0.0651. The second kappa shape index (κ2) is 8.06. The molecule has 24 heavy (non-hydrogen) atoms. The van der Waals surface area contributed by atoms with Gasteiger partial charge in [0, 0.05) is 37.7 Å². The Morgan fingerprint density at radius 2 is 2.29 bits per heavy atom. The largest absolute Gasteiger partial charge is 0.351 e. The number of rotatable bonds is 6. The lowest BCUT2D eigenvalue weighted by Gasteiger charge is -2.35. The van der Waals surface area contributed by atoms with E-state index in [1.165, 1.54) is 25.7 Å². The van der Waals surface area contributed by atoms with E-state index < -0.39 is 0 Å². The van der Waals surface area contributed by atoms with Crippen LogP contribution in [0.15, 0.2) is 37.1 Å². The molecule has 2 aromatic heterocycles. The van der Waals surface area contributed by atoms with E-state index in [9.17, 15) is 4.79 Å². The maximum absolute atomic E-state index is 12.2. The molecule has 1 aliphatic heterocycles. The smallest absolute Gasteiger partial charge is 0.252 e. The number of aromatic nitrogens is 3. The second-order valence-corrected chi connectivity index (χ2v) is 6.22. The van der Waals surface area contributed by atoms with Crippen molar-refractivity contribution in [3.63, 3.8) is 0 Å². The van der Waals surface area contributed by atoms with Crippen LogP contribution in [0.1, 0.15) is 43.0 Å². The molecule has 0 radical (unpaired) electrons. The molecule has 1 N–H and O–H groups in total. The van der Waals surface area contributed by atoms with Crippen LogP contribution in [0.4, 0.5) is 0 Å². The maximum Gasteiger partial charge on any atom is 0.252 e. The number of carbonyl (C=O) groups is 1. The molecular formula is C18H25N5O. The van der Waals surface area contributed by atoms with Gasteiger partial charge in [-0.2, -0.15) is 0 Å². The van der Waals surface area contributed by atoms with Crippen molar-refractivity contribution >= 4 is 5.91 Å². The normalized spacial score (nSPS) is 18.5. The van der Waals surface area contributed by atoms with Gasteiger partial charge in [-0.1, -0.05) is 13.3 Å². The number of nitrogens with zero attached hydrogens (tertiary/aromatic N) is 4. The van der Waals surface area contributed by atoms with Gasteiger partial charge in [0.05, 0.1) is 5.56 Å². The van der Waals surface area contributed by atoms with Gasteiger partial charge in [-0.05, 0) is 37.9 Å². The number of imidazole rings is 1. The van der Waals surface area contributed by atoms with Crippen molar-refractivity contribution < 1.29 is 4.79 Å². The summed E-state index contributed by atoms with van der Waals surface area (Å²) in [4.78, 5) is 23.1. The Hall–Kier alpha value is -2.21. The van der Waals surface area contributed by atoms with E-state index in [-0.39, 0.29) is 5.91 Å². The van der Waals surface area contributed by atoms with Crippen LogP contribution in [-0.2, 0) is 0 Å². The third kappa shape index (κ3) is 4.00. The van der Waals surface area contributed by atoms with Crippen molar-refractivity contribution in [2.75, 3.05) is 19.6 Å². The van der Waals surface area contributed by atoms with Gasteiger partial charge >= 0.3 is 0 Å². The first kappa shape index (κ1) is 16.6. The van der Waals surface area contributed by atoms with E-state index in [1.807, 2.05) is 16.8 Å². The van der Waals surface area contributed by atoms with E-state index >= 15 is 0 Å². The number of piperidine rings is 1. The summed E-state index contributed by atoms with van der Waals surface area (Å²) in [6, 6.07) is 4.30. The van der Waals surface area contributed by atoms with Crippen LogP contribution in [0.3, 0.4) is 0 Å². The Kier molecular flexibility index (Phi) is 5.59. The lowest BCUT2D eigenvalue weighted by atomic mass is 10.0. The molecule has 1 amide bonds. The Balaban J connectivity index is 1.50. The lowest BCUT2D eigenvalue weighted by molar-refractivity contribution is 0.0934. The first-order valence-corrected chi connectivity index (χ1v) is 8.74. The number of hydrogen-bond donors (Lipinski definition) is 1. The van der Waals surface area contributed by atoms with E-state index in [0.29, 0.717) is 18.2 Å². The summed E-state index contributed by atoms with van der Waals surface area (Å²) in [7, 11) is 0. The number of nitrogens with one attached hydrogen (secondary N) is 1. The van der Waals surface area contributed by atoms with Crippen molar-refractivity contribution in [2.24, 2.45) is 0 Å². The Morgan fingerprint density at radius 1 is 1.38 bits per heavy atom. The first-order valence-electron chi connectivity index (χ1n) is 8.74. The van der Waals surface area contributed by atoms with Gasteiger partial charge in [0.25, 0.3) is 5.91 Å². The van der Waals surface area contributed by atoms with Crippen LogP contribution in [0, 0.1) is 0 Å². The van der Waals surface area contributed by atoms with Gasteiger partial charge in [-0.15, -0.1) is 0 Å². The molecule has 0 aliphatic carbocycles. The number of carbonyl (C=O) groups excluding carboxylic acids is 1. The fraction of sp³-hybridized carbons (Fsp3) is 0.500. The molecule has 1 fully saturated rings. The molecule has 0 bridgehead atoms. The molecule has 128 valence electrons. The second-order valence-electron chi connectivity index (χ2n) is 6.22. The average molecular weight is 327 g/mol. The molecule has 1 saturated heterocycles. The molecule has 1 atom stereocenters. The zero-order valence-corrected chi connectivity index (χ0v) is 14.2. The SMILES string of the molecule is CC[C@@H]1CCCCN1CCNC(=O)c1ccc(-n2ccnc2)nc1.